The van der Waals surface area contributed by atoms with Gasteiger partial charge in [-0.05, 0) is 36.2 Å². The van der Waals surface area contributed by atoms with Crippen LogP contribution in [0.2, 0.25) is 0 Å². The molecule has 5 nitrogen and oxygen atoms in total. The third-order valence-corrected chi connectivity index (χ3v) is 7.39. The summed E-state index contributed by atoms with van der Waals surface area (Å²) < 4.78 is 28.3. The molecule has 1 aliphatic heterocycles. The summed E-state index contributed by atoms with van der Waals surface area (Å²) in [6.07, 6.45) is 2.43. The molecule has 0 N–H and O–H groups in total. The highest BCUT2D eigenvalue weighted by Gasteiger charge is 2.27. The van der Waals surface area contributed by atoms with Crippen LogP contribution in [-0.4, -0.2) is 25.4 Å². The maximum atomic E-state index is 13.3. The largest absolute Gasteiger partial charge is 0.337 e. The number of fused-ring (bicyclic) bond motifs is 2. The number of para-hydroxylation sites is 2. The molecule has 0 spiro atoms. The van der Waals surface area contributed by atoms with Gasteiger partial charge < -0.3 is 9.47 Å². The van der Waals surface area contributed by atoms with Crippen molar-refractivity contribution in [2.75, 3.05) is 11.4 Å². The Morgan fingerprint density at radius 2 is 1.57 bits per heavy atom. The molecule has 0 atom stereocenters. The zero-order chi connectivity index (χ0) is 20.7. The Bertz CT molecular complexity index is 1360. The first kappa shape index (κ1) is 18.6. The fourth-order valence-electron chi connectivity index (χ4n) is 4.11. The van der Waals surface area contributed by atoms with Crippen molar-refractivity contribution in [1.29, 1.82) is 0 Å². The van der Waals surface area contributed by atoms with E-state index in [0.29, 0.717) is 11.9 Å². The first-order valence-corrected chi connectivity index (χ1v) is 11.3. The Kier molecular flexibility index (Phi) is 4.44. The van der Waals surface area contributed by atoms with Gasteiger partial charge in [0.2, 0.25) is 15.7 Å². The van der Waals surface area contributed by atoms with Crippen molar-refractivity contribution in [3.05, 3.63) is 90.6 Å². The number of amides is 1. The first-order chi connectivity index (χ1) is 14.6. The summed E-state index contributed by atoms with van der Waals surface area (Å²) in [4.78, 5) is 15.4. The molecule has 0 bridgehead atoms. The van der Waals surface area contributed by atoms with Gasteiger partial charge >= 0.3 is 0 Å². The van der Waals surface area contributed by atoms with Gasteiger partial charge in [0.15, 0.2) is 0 Å². The Labute approximate surface area is 175 Å². The lowest BCUT2D eigenvalue weighted by molar-refractivity contribution is -0.119. The van der Waals surface area contributed by atoms with Gasteiger partial charge in [-0.25, -0.2) is 8.42 Å². The fourth-order valence-corrected chi connectivity index (χ4v) is 5.61. The van der Waals surface area contributed by atoms with E-state index in [-0.39, 0.29) is 22.2 Å². The lowest BCUT2D eigenvalue weighted by Crippen LogP contribution is -2.32. The smallest absolute Gasteiger partial charge is 0.246 e. The van der Waals surface area contributed by atoms with Crippen LogP contribution in [0.25, 0.3) is 10.9 Å². The molecule has 1 amide bonds. The van der Waals surface area contributed by atoms with Crippen LogP contribution in [0.15, 0.2) is 94.9 Å². The van der Waals surface area contributed by atoms with Crippen molar-refractivity contribution in [2.45, 2.75) is 22.8 Å². The summed E-state index contributed by atoms with van der Waals surface area (Å²) >= 11 is 0. The number of carbonyl (C=O) groups is 1. The predicted octanol–water partition coefficient (Wildman–Crippen LogP) is 4.06. The van der Waals surface area contributed by atoms with Crippen molar-refractivity contribution in [1.82, 2.24) is 4.57 Å². The van der Waals surface area contributed by atoms with Crippen molar-refractivity contribution < 1.29 is 13.2 Å². The van der Waals surface area contributed by atoms with Gasteiger partial charge in [-0.1, -0.05) is 54.6 Å². The molecule has 4 aromatic rings. The summed E-state index contributed by atoms with van der Waals surface area (Å²) in [6.45, 7) is 0.728. The second-order valence-electron chi connectivity index (χ2n) is 7.38. The Hall–Kier alpha value is -3.38. The highest BCUT2D eigenvalue weighted by atomic mass is 32.2. The van der Waals surface area contributed by atoms with E-state index in [1.54, 1.807) is 52.1 Å². The Balaban J connectivity index is 1.55. The normalized spacial score (nSPS) is 13.5. The molecule has 0 radical (unpaired) electrons. The monoisotopic (exact) mass is 416 g/mol. The van der Waals surface area contributed by atoms with Crippen LogP contribution in [0, 0.1) is 0 Å². The highest BCUT2D eigenvalue weighted by Crippen LogP contribution is 2.31. The van der Waals surface area contributed by atoms with Crippen LogP contribution in [0.3, 0.4) is 0 Å². The lowest BCUT2D eigenvalue weighted by Gasteiger charge is -2.18. The van der Waals surface area contributed by atoms with Gasteiger partial charge in [-0.15, -0.1) is 0 Å². The number of anilines is 1. The van der Waals surface area contributed by atoms with Crippen molar-refractivity contribution in [3.8, 4) is 0 Å². The second-order valence-corrected chi connectivity index (χ2v) is 9.30. The summed E-state index contributed by atoms with van der Waals surface area (Å²) in [5.41, 5.74) is 2.83. The van der Waals surface area contributed by atoms with Crippen molar-refractivity contribution in [3.63, 3.8) is 0 Å². The van der Waals surface area contributed by atoms with Gasteiger partial charge in [-0.2, -0.15) is 0 Å². The van der Waals surface area contributed by atoms with E-state index in [1.165, 1.54) is 0 Å². The predicted molar refractivity (Wildman–Crippen MR) is 116 cm³/mol. The summed E-state index contributed by atoms with van der Waals surface area (Å²) in [5, 5.41) is 0.621. The maximum absolute atomic E-state index is 13.3. The van der Waals surface area contributed by atoms with Gasteiger partial charge in [0.05, 0.1) is 9.79 Å². The lowest BCUT2D eigenvalue weighted by atomic mass is 10.2. The molecule has 6 heteroatoms. The van der Waals surface area contributed by atoms with E-state index in [9.17, 15) is 13.2 Å². The molecule has 0 saturated carbocycles. The van der Waals surface area contributed by atoms with Crippen molar-refractivity contribution in [2.24, 2.45) is 0 Å². The minimum Gasteiger partial charge on any atom is -0.337 e. The molecule has 0 unspecified atom stereocenters. The van der Waals surface area contributed by atoms with Crippen LogP contribution in [-0.2, 0) is 27.6 Å². The van der Waals surface area contributed by atoms with Gasteiger partial charge in [0, 0.05) is 29.3 Å². The average Bonchev–Trinajstić information content (AvgIpc) is 3.37. The SMILES string of the molecule is O=C(Cn1cc(S(=O)(=O)c2ccccc2)c2ccccc21)N1CCc2ccccc21. The molecule has 0 fully saturated rings. The number of nitrogens with zero attached hydrogens (tertiary/aromatic N) is 2. The van der Waals surface area contributed by atoms with E-state index in [2.05, 4.69) is 0 Å². The van der Waals surface area contributed by atoms with Crippen LogP contribution in [0.1, 0.15) is 5.56 Å². The summed E-state index contributed by atoms with van der Waals surface area (Å²) in [5.74, 6) is -0.0515. The van der Waals surface area contributed by atoms with Gasteiger partial charge in [-0.3, -0.25) is 4.79 Å². The molecule has 0 aliphatic carbocycles. The molecular weight excluding hydrogens is 396 g/mol. The van der Waals surface area contributed by atoms with E-state index in [4.69, 9.17) is 0 Å². The zero-order valence-corrected chi connectivity index (χ0v) is 17.0. The van der Waals surface area contributed by atoms with E-state index in [0.717, 1.165) is 23.2 Å². The summed E-state index contributed by atoms with van der Waals surface area (Å²) in [7, 11) is -3.69. The number of hydrogen-bond acceptors (Lipinski definition) is 3. The minimum atomic E-state index is -3.69. The minimum absolute atomic E-state index is 0.0515. The van der Waals surface area contributed by atoms with Crippen LogP contribution >= 0.6 is 0 Å². The standard InChI is InChI=1S/C24H20N2O3S/c27-24(26-15-14-18-8-4-6-12-21(18)26)17-25-16-23(20-11-5-7-13-22(20)25)30(28,29)19-9-2-1-3-10-19/h1-13,16H,14-15,17H2. The van der Waals surface area contributed by atoms with Crippen LogP contribution in [0.4, 0.5) is 5.69 Å². The molecule has 5 rings (SSSR count). The first-order valence-electron chi connectivity index (χ1n) is 9.82. The third kappa shape index (κ3) is 3.00. The quantitative estimate of drug-likeness (QED) is 0.504. The van der Waals surface area contributed by atoms with Gasteiger partial charge in [0.1, 0.15) is 6.54 Å². The third-order valence-electron chi connectivity index (χ3n) is 5.59. The average molecular weight is 417 g/mol. The molecule has 0 saturated heterocycles. The highest BCUT2D eigenvalue weighted by molar-refractivity contribution is 7.91. The number of benzene rings is 3. The Morgan fingerprint density at radius 1 is 0.867 bits per heavy atom. The second kappa shape index (κ2) is 7.15. The van der Waals surface area contributed by atoms with Crippen molar-refractivity contribution >= 4 is 32.3 Å². The van der Waals surface area contributed by atoms with Gasteiger partial charge in [0.25, 0.3) is 0 Å². The topological polar surface area (TPSA) is 59.4 Å². The molecule has 1 aromatic heterocycles. The summed E-state index contributed by atoms with van der Waals surface area (Å²) in [6, 6.07) is 23.6. The molecule has 3 aromatic carbocycles. The van der Waals surface area contributed by atoms with E-state index in [1.807, 2.05) is 42.5 Å². The maximum Gasteiger partial charge on any atom is 0.246 e. The number of sulfone groups is 1. The molecule has 30 heavy (non-hydrogen) atoms. The molecule has 1 aliphatic rings. The Morgan fingerprint density at radius 3 is 2.40 bits per heavy atom. The number of aromatic nitrogens is 1. The number of rotatable bonds is 4. The number of hydrogen-bond donors (Lipinski definition) is 0. The van der Waals surface area contributed by atoms with Crippen LogP contribution < -0.4 is 4.90 Å². The fraction of sp³-hybridized carbons (Fsp3) is 0.125. The van der Waals surface area contributed by atoms with Crippen LogP contribution in [0.5, 0.6) is 0 Å². The molecule has 150 valence electrons. The zero-order valence-electron chi connectivity index (χ0n) is 16.2. The molecule has 2 heterocycles. The van der Waals surface area contributed by atoms with E-state index >= 15 is 0 Å². The van der Waals surface area contributed by atoms with E-state index < -0.39 is 9.84 Å². The molecular formula is C24H20N2O3S. The number of carbonyl (C=O) groups excluding carboxylic acids is 1.